The number of anilines is 1. The van der Waals surface area contributed by atoms with Gasteiger partial charge in [0.1, 0.15) is 0 Å². The van der Waals surface area contributed by atoms with Crippen molar-refractivity contribution < 1.29 is 14.7 Å². The number of amides is 1. The third-order valence-corrected chi connectivity index (χ3v) is 3.05. The van der Waals surface area contributed by atoms with Crippen molar-refractivity contribution in [3.05, 3.63) is 22.3 Å². The summed E-state index contributed by atoms with van der Waals surface area (Å²) in [5.74, 6) is -1.49. The first kappa shape index (κ1) is 13.5. The van der Waals surface area contributed by atoms with E-state index in [1.54, 1.807) is 26.0 Å². The molecule has 2 heterocycles. The van der Waals surface area contributed by atoms with Crippen LogP contribution in [0.5, 0.6) is 0 Å². The van der Waals surface area contributed by atoms with Crippen LogP contribution in [0.2, 0.25) is 0 Å². The van der Waals surface area contributed by atoms with Crippen molar-refractivity contribution in [1.29, 1.82) is 0 Å². The van der Waals surface area contributed by atoms with E-state index >= 15 is 0 Å². The lowest BCUT2D eigenvalue weighted by atomic mass is 10.2. The highest BCUT2D eigenvalue weighted by Crippen LogP contribution is 2.19. The molecule has 0 saturated carbocycles. The summed E-state index contributed by atoms with van der Waals surface area (Å²) in [6, 6.07) is 3.18. The summed E-state index contributed by atoms with van der Waals surface area (Å²) in [7, 11) is 0. The van der Waals surface area contributed by atoms with Gasteiger partial charge in [0.05, 0.1) is 4.47 Å². The van der Waals surface area contributed by atoms with E-state index in [2.05, 4.69) is 31.3 Å². The van der Waals surface area contributed by atoms with Gasteiger partial charge in [0, 0.05) is 5.92 Å². The van der Waals surface area contributed by atoms with Crippen LogP contribution in [-0.2, 0) is 4.79 Å². The van der Waals surface area contributed by atoms with E-state index < -0.39 is 5.97 Å². The molecule has 0 radical (unpaired) electrons. The van der Waals surface area contributed by atoms with E-state index in [4.69, 9.17) is 5.11 Å². The number of carboxylic acid groups (broad SMARTS) is 1. The van der Waals surface area contributed by atoms with Crippen LogP contribution in [0.1, 0.15) is 24.3 Å². The number of aromatic carboxylic acids is 1. The standard InChI is InChI=1S/C11H11BrN4O3/c1-5(2)9(17)14-11-13-7-4-3-6(12)8(10(18)19)16(7)15-11/h3-5H,1-2H3,(H,18,19)(H,14,15,17). The van der Waals surface area contributed by atoms with Crippen LogP contribution in [-0.4, -0.2) is 31.6 Å². The first-order valence-electron chi connectivity index (χ1n) is 5.49. The Morgan fingerprint density at radius 1 is 1.42 bits per heavy atom. The molecule has 100 valence electrons. The number of hydrogen-bond donors (Lipinski definition) is 2. The third-order valence-electron chi connectivity index (χ3n) is 2.41. The van der Waals surface area contributed by atoms with Gasteiger partial charge >= 0.3 is 5.97 Å². The van der Waals surface area contributed by atoms with Gasteiger partial charge in [-0.05, 0) is 28.1 Å². The Hall–Kier alpha value is -1.96. The van der Waals surface area contributed by atoms with Crippen LogP contribution in [0, 0.1) is 5.92 Å². The minimum atomic E-state index is -1.14. The maximum Gasteiger partial charge on any atom is 0.355 e. The molecule has 2 aromatic heterocycles. The number of carboxylic acids is 1. The topological polar surface area (TPSA) is 96.6 Å². The van der Waals surface area contributed by atoms with Gasteiger partial charge in [-0.1, -0.05) is 13.8 Å². The highest BCUT2D eigenvalue weighted by molar-refractivity contribution is 9.10. The number of nitrogens with one attached hydrogen (secondary N) is 1. The van der Waals surface area contributed by atoms with Crippen molar-refractivity contribution in [3.8, 4) is 0 Å². The van der Waals surface area contributed by atoms with Gasteiger partial charge in [-0.3, -0.25) is 10.1 Å². The third kappa shape index (κ3) is 2.58. The second-order valence-corrected chi connectivity index (χ2v) is 5.04. The normalized spacial score (nSPS) is 10.9. The summed E-state index contributed by atoms with van der Waals surface area (Å²) in [6.07, 6.45) is 0. The van der Waals surface area contributed by atoms with E-state index in [1.807, 2.05) is 0 Å². The lowest BCUT2D eigenvalue weighted by Gasteiger charge is -2.02. The molecule has 0 aliphatic carbocycles. The Balaban J connectivity index is 2.49. The Kier molecular flexibility index (Phi) is 3.52. The molecular weight excluding hydrogens is 316 g/mol. The number of carbonyl (C=O) groups is 2. The van der Waals surface area contributed by atoms with Crippen LogP contribution < -0.4 is 5.32 Å². The van der Waals surface area contributed by atoms with E-state index in [0.717, 1.165) is 0 Å². The van der Waals surface area contributed by atoms with Gasteiger partial charge in [0.2, 0.25) is 11.9 Å². The Morgan fingerprint density at radius 3 is 2.68 bits per heavy atom. The molecule has 8 heteroatoms. The number of rotatable bonds is 3. The van der Waals surface area contributed by atoms with Crippen LogP contribution in [0.4, 0.5) is 5.95 Å². The minimum absolute atomic E-state index is 0.0463. The number of carbonyl (C=O) groups excluding carboxylic acids is 1. The highest BCUT2D eigenvalue weighted by atomic mass is 79.9. The summed E-state index contributed by atoms with van der Waals surface area (Å²) >= 11 is 3.14. The quantitative estimate of drug-likeness (QED) is 0.896. The summed E-state index contributed by atoms with van der Waals surface area (Å²) in [4.78, 5) is 26.8. The van der Waals surface area contributed by atoms with Gasteiger partial charge in [0.25, 0.3) is 0 Å². The summed E-state index contributed by atoms with van der Waals surface area (Å²) in [5.41, 5.74) is 0.301. The zero-order valence-electron chi connectivity index (χ0n) is 10.2. The molecule has 2 aromatic rings. The smallest absolute Gasteiger partial charge is 0.355 e. The molecule has 2 N–H and O–H groups in total. The fourth-order valence-electron chi connectivity index (χ4n) is 1.42. The molecule has 0 atom stereocenters. The molecule has 0 spiro atoms. The number of nitrogens with zero attached hydrogens (tertiary/aromatic N) is 3. The highest BCUT2D eigenvalue weighted by Gasteiger charge is 2.17. The van der Waals surface area contributed by atoms with Gasteiger partial charge in [-0.2, -0.15) is 4.98 Å². The fraction of sp³-hybridized carbons (Fsp3) is 0.273. The fourth-order valence-corrected chi connectivity index (χ4v) is 1.89. The molecule has 0 saturated heterocycles. The van der Waals surface area contributed by atoms with Gasteiger partial charge in [-0.15, -0.1) is 5.10 Å². The van der Waals surface area contributed by atoms with Gasteiger partial charge in [0.15, 0.2) is 11.3 Å². The molecule has 0 aliphatic rings. The first-order valence-corrected chi connectivity index (χ1v) is 6.29. The van der Waals surface area contributed by atoms with Crippen molar-refractivity contribution >= 4 is 39.4 Å². The maximum absolute atomic E-state index is 11.5. The molecule has 0 aliphatic heterocycles. The Bertz CT molecular complexity index is 665. The average molecular weight is 327 g/mol. The Morgan fingerprint density at radius 2 is 2.11 bits per heavy atom. The number of fused-ring (bicyclic) bond motifs is 1. The average Bonchev–Trinajstić information content (AvgIpc) is 2.70. The molecule has 7 nitrogen and oxygen atoms in total. The molecular formula is C11H11BrN4O3. The van der Waals surface area contributed by atoms with E-state index in [0.29, 0.717) is 10.1 Å². The monoisotopic (exact) mass is 326 g/mol. The van der Waals surface area contributed by atoms with Crippen molar-refractivity contribution in [2.45, 2.75) is 13.8 Å². The van der Waals surface area contributed by atoms with E-state index in [9.17, 15) is 9.59 Å². The summed E-state index contributed by atoms with van der Waals surface area (Å²) in [5, 5.41) is 15.6. The van der Waals surface area contributed by atoms with Crippen molar-refractivity contribution in [3.63, 3.8) is 0 Å². The van der Waals surface area contributed by atoms with E-state index in [-0.39, 0.29) is 23.5 Å². The van der Waals surface area contributed by atoms with Crippen molar-refractivity contribution in [1.82, 2.24) is 14.6 Å². The van der Waals surface area contributed by atoms with Crippen molar-refractivity contribution in [2.75, 3.05) is 5.32 Å². The molecule has 1 amide bonds. The summed E-state index contributed by atoms with van der Waals surface area (Å²) < 4.78 is 1.56. The lowest BCUT2D eigenvalue weighted by molar-refractivity contribution is -0.118. The minimum Gasteiger partial charge on any atom is -0.476 e. The zero-order valence-corrected chi connectivity index (χ0v) is 11.8. The predicted molar refractivity (Wildman–Crippen MR) is 71.1 cm³/mol. The molecule has 0 unspecified atom stereocenters. The molecule has 0 bridgehead atoms. The van der Waals surface area contributed by atoms with Crippen LogP contribution >= 0.6 is 15.9 Å². The first-order chi connectivity index (χ1) is 8.90. The van der Waals surface area contributed by atoms with E-state index in [1.165, 1.54) is 4.52 Å². The van der Waals surface area contributed by atoms with Crippen LogP contribution in [0.15, 0.2) is 16.6 Å². The second kappa shape index (κ2) is 4.96. The zero-order chi connectivity index (χ0) is 14.2. The molecule has 19 heavy (non-hydrogen) atoms. The largest absolute Gasteiger partial charge is 0.476 e. The SMILES string of the molecule is CC(C)C(=O)Nc1nc2ccc(Br)c(C(=O)O)n2n1. The van der Waals surface area contributed by atoms with Crippen LogP contribution in [0.3, 0.4) is 0 Å². The van der Waals surface area contributed by atoms with Crippen LogP contribution in [0.25, 0.3) is 5.65 Å². The predicted octanol–water partition coefficient (Wildman–Crippen LogP) is 1.78. The molecule has 2 rings (SSSR count). The number of aromatic nitrogens is 3. The maximum atomic E-state index is 11.5. The van der Waals surface area contributed by atoms with Gasteiger partial charge in [-0.25, -0.2) is 9.31 Å². The second-order valence-electron chi connectivity index (χ2n) is 4.18. The summed E-state index contributed by atoms with van der Waals surface area (Å²) in [6.45, 7) is 3.48. The molecule has 0 fully saturated rings. The number of hydrogen-bond acceptors (Lipinski definition) is 4. The lowest BCUT2D eigenvalue weighted by Crippen LogP contribution is -2.18. The number of pyridine rings is 1. The molecule has 0 aromatic carbocycles. The van der Waals surface area contributed by atoms with Crippen molar-refractivity contribution in [2.24, 2.45) is 5.92 Å². The Labute approximate surface area is 116 Å². The van der Waals surface area contributed by atoms with Gasteiger partial charge < -0.3 is 5.11 Å². The number of halogens is 1.